The van der Waals surface area contributed by atoms with E-state index in [0.717, 1.165) is 54.3 Å². The van der Waals surface area contributed by atoms with Crippen molar-refractivity contribution in [2.45, 2.75) is 84.0 Å². The second-order valence-corrected chi connectivity index (χ2v) is 10.1. The number of benzene rings is 2. The Morgan fingerprint density at radius 1 is 1.00 bits per heavy atom. The average molecular weight is 499 g/mol. The Morgan fingerprint density at radius 3 is 2.36 bits per heavy atom. The second-order valence-electron chi connectivity index (χ2n) is 10.1. The number of aliphatic hydroxyl groups excluding tert-OH is 1. The van der Waals surface area contributed by atoms with Crippen LogP contribution in [0.3, 0.4) is 0 Å². The van der Waals surface area contributed by atoms with Gasteiger partial charge in [-0.3, -0.25) is 4.90 Å². The highest BCUT2D eigenvalue weighted by atomic mass is 16.5. The molecule has 4 atom stereocenters. The Balaban J connectivity index is 1.64. The van der Waals surface area contributed by atoms with Gasteiger partial charge in [0.05, 0.1) is 26.4 Å². The van der Waals surface area contributed by atoms with Crippen molar-refractivity contribution >= 4 is 0 Å². The minimum atomic E-state index is -0.626. The molecule has 1 aliphatic heterocycles. The maximum Gasteiger partial charge on any atom is 0.122 e. The van der Waals surface area contributed by atoms with Gasteiger partial charge in [0.15, 0.2) is 0 Å². The zero-order valence-corrected chi connectivity index (χ0v) is 22.8. The van der Waals surface area contributed by atoms with Crippen LogP contribution in [0.2, 0.25) is 0 Å². The van der Waals surface area contributed by atoms with E-state index in [2.05, 4.69) is 44.0 Å². The molecule has 0 amide bonds. The Hall–Kier alpha value is -2.28. The van der Waals surface area contributed by atoms with Crippen LogP contribution in [-0.2, 0) is 0 Å². The van der Waals surface area contributed by atoms with Crippen molar-refractivity contribution in [3.63, 3.8) is 0 Å². The van der Waals surface area contributed by atoms with Crippen molar-refractivity contribution in [3.8, 4) is 17.2 Å². The van der Waals surface area contributed by atoms with Gasteiger partial charge in [0.2, 0.25) is 0 Å². The first-order valence-corrected chi connectivity index (χ1v) is 13.6. The molecule has 1 fully saturated rings. The van der Waals surface area contributed by atoms with Gasteiger partial charge in [-0.15, -0.1) is 0 Å². The maximum absolute atomic E-state index is 11.5. The summed E-state index contributed by atoms with van der Waals surface area (Å²) in [4.78, 5) is 2.56. The van der Waals surface area contributed by atoms with Crippen LogP contribution < -0.4 is 19.5 Å². The van der Waals surface area contributed by atoms with Crippen LogP contribution in [0, 0.1) is 6.92 Å². The third-order valence-corrected chi connectivity index (χ3v) is 7.24. The molecule has 0 aliphatic carbocycles. The average Bonchev–Trinajstić information content (AvgIpc) is 2.89. The molecule has 200 valence electrons. The van der Waals surface area contributed by atoms with Gasteiger partial charge in [0.25, 0.3) is 0 Å². The number of hydrogen-bond donors (Lipinski definition) is 2. The smallest absolute Gasteiger partial charge is 0.122 e. The summed E-state index contributed by atoms with van der Waals surface area (Å²) in [7, 11) is 1.66. The predicted molar refractivity (Wildman–Crippen MR) is 146 cm³/mol. The molecule has 0 aromatic heterocycles. The summed E-state index contributed by atoms with van der Waals surface area (Å²) in [6, 6.07) is 14.7. The van der Waals surface area contributed by atoms with Crippen LogP contribution >= 0.6 is 0 Å². The van der Waals surface area contributed by atoms with Crippen LogP contribution in [0.1, 0.15) is 70.1 Å². The van der Waals surface area contributed by atoms with E-state index >= 15 is 0 Å². The minimum absolute atomic E-state index is 0.0873. The number of aryl methyl sites for hydroxylation is 1. The lowest BCUT2D eigenvalue weighted by atomic mass is 9.94. The molecular weight excluding hydrogens is 452 g/mol. The van der Waals surface area contributed by atoms with E-state index in [1.807, 2.05) is 36.4 Å². The quantitative estimate of drug-likeness (QED) is 0.335. The summed E-state index contributed by atoms with van der Waals surface area (Å²) < 4.78 is 17.0. The summed E-state index contributed by atoms with van der Waals surface area (Å²) in [5.74, 6) is 2.52. The number of likely N-dealkylation sites (tertiary alicyclic amines) is 1. The summed E-state index contributed by atoms with van der Waals surface area (Å²) in [6.45, 7) is 11.6. The number of methoxy groups -OCH3 is 1. The summed E-state index contributed by atoms with van der Waals surface area (Å²) in [5.41, 5.74) is 1.99. The molecule has 2 N–H and O–H groups in total. The normalized spacial score (nSPS) is 20.1. The molecule has 36 heavy (non-hydrogen) atoms. The zero-order chi connectivity index (χ0) is 25.9. The molecule has 0 radical (unpaired) electrons. The number of rotatable bonds is 14. The number of aliphatic hydroxyl groups is 1. The van der Waals surface area contributed by atoms with Crippen molar-refractivity contribution in [1.29, 1.82) is 0 Å². The lowest BCUT2D eigenvalue weighted by molar-refractivity contribution is 0.0490. The number of nitrogens with zero attached hydrogens (tertiary/aromatic N) is 1. The summed E-state index contributed by atoms with van der Waals surface area (Å²) in [6.07, 6.45) is 4.88. The molecule has 0 spiro atoms. The SMILES string of the molecule is CCCOc1cc([C@H](O)C(CN2C(C)CCCC2C)NCCCOc2ccc(OC)cc2)ccc1C. The minimum Gasteiger partial charge on any atom is -0.497 e. The molecule has 6 nitrogen and oxygen atoms in total. The fourth-order valence-electron chi connectivity index (χ4n) is 4.96. The van der Waals surface area contributed by atoms with Crippen LogP contribution in [0.25, 0.3) is 0 Å². The third-order valence-electron chi connectivity index (χ3n) is 7.24. The van der Waals surface area contributed by atoms with Gasteiger partial charge in [-0.1, -0.05) is 25.5 Å². The fraction of sp³-hybridized carbons (Fsp3) is 0.600. The molecule has 1 aliphatic rings. The van der Waals surface area contributed by atoms with Gasteiger partial charge in [-0.05, 0) is 94.5 Å². The lowest BCUT2D eigenvalue weighted by Crippen LogP contribution is -2.52. The van der Waals surface area contributed by atoms with Crippen molar-refractivity contribution in [1.82, 2.24) is 10.2 Å². The first-order chi connectivity index (χ1) is 17.4. The van der Waals surface area contributed by atoms with Crippen LogP contribution in [0.15, 0.2) is 42.5 Å². The van der Waals surface area contributed by atoms with Gasteiger partial charge in [0.1, 0.15) is 17.2 Å². The molecule has 1 saturated heterocycles. The van der Waals surface area contributed by atoms with E-state index in [-0.39, 0.29) is 6.04 Å². The Labute approximate surface area is 217 Å². The van der Waals surface area contributed by atoms with E-state index in [9.17, 15) is 5.11 Å². The molecule has 2 aromatic rings. The standard InChI is InChI=1S/C30H46N2O4/c1-6-18-36-29-20-25(12-11-22(29)2)30(33)28(21-32-23(3)9-7-10-24(32)4)31-17-8-19-35-27-15-13-26(34-5)14-16-27/h11-16,20,23-24,28,30-31,33H,6-10,17-19,21H2,1-5H3/t23?,24?,28?,30-/m0/s1. The van der Waals surface area contributed by atoms with Gasteiger partial charge < -0.3 is 24.6 Å². The highest BCUT2D eigenvalue weighted by Gasteiger charge is 2.30. The molecule has 1 heterocycles. The maximum atomic E-state index is 11.5. The molecule has 3 rings (SSSR count). The zero-order valence-electron chi connectivity index (χ0n) is 22.8. The fourth-order valence-corrected chi connectivity index (χ4v) is 4.96. The summed E-state index contributed by atoms with van der Waals surface area (Å²) >= 11 is 0. The molecule has 0 saturated carbocycles. The van der Waals surface area contributed by atoms with Crippen molar-refractivity contribution in [2.75, 3.05) is 33.4 Å². The highest BCUT2D eigenvalue weighted by Crippen LogP contribution is 2.28. The lowest BCUT2D eigenvalue weighted by Gasteiger charge is -2.42. The highest BCUT2D eigenvalue weighted by molar-refractivity contribution is 5.38. The molecule has 2 aromatic carbocycles. The van der Waals surface area contributed by atoms with E-state index in [1.165, 1.54) is 19.3 Å². The Kier molecular flexibility index (Phi) is 11.4. The molecule has 3 unspecified atom stereocenters. The van der Waals surface area contributed by atoms with E-state index in [4.69, 9.17) is 14.2 Å². The van der Waals surface area contributed by atoms with Gasteiger partial charge in [-0.2, -0.15) is 0 Å². The summed E-state index contributed by atoms with van der Waals surface area (Å²) in [5, 5.41) is 15.2. The third kappa shape index (κ3) is 8.12. The number of hydrogen-bond acceptors (Lipinski definition) is 6. The van der Waals surface area contributed by atoms with Crippen molar-refractivity contribution in [2.24, 2.45) is 0 Å². The number of piperidine rings is 1. The Morgan fingerprint density at radius 2 is 1.69 bits per heavy atom. The monoisotopic (exact) mass is 498 g/mol. The largest absolute Gasteiger partial charge is 0.497 e. The topological polar surface area (TPSA) is 63.2 Å². The van der Waals surface area contributed by atoms with E-state index in [0.29, 0.717) is 25.3 Å². The predicted octanol–water partition coefficient (Wildman–Crippen LogP) is 5.52. The first kappa shape index (κ1) is 28.3. The van der Waals surface area contributed by atoms with E-state index in [1.54, 1.807) is 7.11 Å². The van der Waals surface area contributed by atoms with Gasteiger partial charge in [0, 0.05) is 24.7 Å². The molecule has 0 bridgehead atoms. The van der Waals surface area contributed by atoms with Crippen molar-refractivity contribution in [3.05, 3.63) is 53.6 Å². The molecule has 6 heteroatoms. The van der Waals surface area contributed by atoms with Crippen molar-refractivity contribution < 1.29 is 19.3 Å². The first-order valence-electron chi connectivity index (χ1n) is 13.6. The van der Waals surface area contributed by atoms with Gasteiger partial charge >= 0.3 is 0 Å². The van der Waals surface area contributed by atoms with Gasteiger partial charge in [-0.25, -0.2) is 0 Å². The number of nitrogens with one attached hydrogen (secondary N) is 1. The van der Waals surface area contributed by atoms with Crippen LogP contribution in [0.4, 0.5) is 0 Å². The van der Waals surface area contributed by atoms with Crippen LogP contribution in [-0.4, -0.2) is 61.5 Å². The molecular formula is C30H46N2O4. The van der Waals surface area contributed by atoms with E-state index < -0.39 is 6.10 Å². The van der Waals surface area contributed by atoms with Crippen LogP contribution in [0.5, 0.6) is 17.2 Å². The Bertz CT molecular complexity index is 894. The second kappa shape index (κ2) is 14.5. The number of ether oxygens (including phenoxy) is 3.